The molecule has 136 valence electrons. The number of nitrogens with zero attached hydrogens (tertiary/aromatic N) is 3. The average molecular weight is 351 g/mol. The lowest BCUT2D eigenvalue weighted by Gasteiger charge is -2.20. The molecule has 0 fully saturated rings. The molecule has 4 heteroatoms. The van der Waals surface area contributed by atoms with Gasteiger partial charge in [-0.3, -0.25) is 4.98 Å². The molecular formula is C22H26FN3. The van der Waals surface area contributed by atoms with Gasteiger partial charge in [-0.05, 0) is 63.6 Å². The lowest BCUT2D eigenvalue weighted by molar-refractivity contribution is 0.627. The number of halogens is 1. The van der Waals surface area contributed by atoms with E-state index >= 15 is 0 Å². The van der Waals surface area contributed by atoms with Gasteiger partial charge in [0.1, 0.15) is 5.82 Å². The van der Waals surface area contributed by atoms with Crippen molar-refractivity contribution in [2.45, 2.75) is 40.8 Å². The Kier molecular flexibility index (Phi) is 5.12. The Hall–Kier alpha value is -2.62. The third kappa shape index (κ3) is 3.50. The highest BCUT2D eigenvalue weighted by atomic mass is 19.1. The van der Waals surface area contributed by atoms with E-state index in [1.54, 1.807) is 12.1 Å². The molecule has 0 aliphatic heterocycles. The maximum absolute atomic E-state index is 13.2. The molecule has 0 aliphatic rings. The molecular weight excluding hydrogens is 325 g/mol. The third-order valence-corrected chi connectivity index (χ3v) is 4.96. The van der Waals surface area contributed by atoms with Crippen LogP contribution < -0.4 is 4.90 Å². The van der Waals surface area contributed by atoms with Crippen molar-refractivity contribution in [1.82, 2.24) is 9.55 Å². The van der Waals surface area contributed by atoms with Gasteiger partial charge < -0.3 is 9.47 Å². The molecule has 0 N–H and O–H groups in total. The van der Waals surface area contributed by atoms with Crippen molar-refractivity contribution in [2.75, 3.05) is 11.9 Å². The van der Waals surface area contributed by atoms with Crippen molar-refractivity contribution >= 4 is 16.6 Å². The van der Waals surface area contributed by atoms with E-state index in [1.807, 2.05) is 13.2 Å². The van der Waals surface area contributed by atoms with E-state index < -0.39 is 0 Å². The van der Waals surface area contributed by atoms with Crippen molar-refractivity contribution < 1.29 is 4.39 Å². The Morgan fingerprint density at radius 2 is 1.85 bits per heavy atom. The molecule has 2 heterocycles. The van der Waals surface area contributed by atoms with Crippen molar-refractivity contribution in [3.63, 3.8) is 0 Å². The van der Waals surface area contributed by atoms with Crippen LogP contribution in [-0.4, -0.2) is 16.6 Å². The summed E-state index contributed by atoms with van der Waals surface area (Å²) < 4.78 is 15.5. The fraction of sp³-hybridized carbons (Fsp3) is 0.318. The van der Waals surface area contributed by atoms with Gasteiger partial charge in [0.25, 0.3) is 0 Å². The number of aromatic nitrogens is 2. The number of benzene rings is 1. The summed E-state index contributed by atoms with van der Waals surface area (Å²) in [6, 6.07) is 8.68. The number of fused-ring (bicyclic) bond motifs is 1. The Bertz CT molecular complexity index is 948. The standard InChI is InChI=1S/C22H26FN3/c1-15(2)11-13-26-17(4)16(3)20-10-12-24-21(22(20)26)14-25(5)19-8-6-18(23)7-9-19/h6-12H,13-14H2,1-5H3. The summed E-state index contributed by atoms with van der Waals surface area (Å²) in [7, 11) is 2.01. The normalized spacial score (nSPS) is 11.0. The smallest absolute Gasteiger partial charge is 0.123 e. The molecule has 0 aliphatic carbocycles. The van der Waals surface area contributed by atoms with Gasteiger partial charge in [-0.2, -0.15) is 0 Å². The van der Waals surface area contributed by atoms with Gasteiger partial charge in [-0.15, -0.1) is 0 Å². The second kappa shape index (κ2) is 7.32. The highest BCUT2D eigenvalue weighted by molar-refractivity contribution is 5.87. The highest BCUT2D eigenvalue weighted by Gasteiger charge is 2.16. The quantitative estimate of drug-likeness (QED) is 0.574. The molecule has 0 unspecified atom stereocenters. The molecule has 0 atom stereocenters. The summed E-state index contributed by atoms with van der Waals surface area (Å²) in [5.74, 6) is -0.218. The second-order valence-corrected chi connectivity index (χ2v) is 7.09. The van der Waals surface area contributed by atoms with Gasteiger partial charge in [-0.1, -0.05) is 11.6 Å². The molecule has 0 saturated carbocycles. The summed E-state index contributed by atoms with van der Waals surface area (Å²) >= 11 is 0. The van der Waals surface area contributed by atoms with E-state index in [-0.39, 0.29) is 5.82 Å². The van der Waals surface area contributed by atoms with Crippen LogP contribution >= 0.6 is 0 Å². The van der Waals surface area contributed by atoms with Gasteiger partial charge in [0.2, 0.25) is 0 Å². The number of anilines is 1. The minimum atomic E-state index is -0.218. The zero-order valence-electron chi connectivity index (χ0n) is 16.2. The molecule has 0 amide bonds. The molecule has 3 nitrogen and oxygen atoms in total. The predicted molar refractivity (Wildman–Crippen MR) is 107 cm³/mol. The van der Waals surface area contributed by atoms with Gasteiger partial charge in [-0.25, -0.2) is 4.39 Å². The second-order valence-electron chi connectivity index (χ2n) is 7.09. The Balaban J connectivity index is 2.04. The first-order chi connectivity index (χ1) is 12.4. The maximum Gasteiger partial charge on any atom is 0.123 e. The number of allylic oxidation sites excluding steroid dienone is 2. The Morgan fingerprint density at radius 1 is 1.15 bits per heavy atom. The average Bonchev–Trinajstić information content (AvgIpc) is 2.86. The van der Waals surface area contributed by atoms with E-state index in [0.29, 0.717) is 6.54 Å². The monoisotopic (exact) mass is 351 g/mol. The van der Waals surface area contributed by atoms with E-state index in [4.69, 9.17) is 0 Å². The summed E-state index contributed by atoms with van der Waals surface area (Å²) in [4.78, 5) is 6.78. The largest absolute Gasteiger partial charge is 0.369 e. The zero-order chi connectivity index (χ0) is 18.8. The SMILES string of the molecule is CC(C)=CCn1c(C)c(C)c2ccnc(CN(C)c3ccc(F)cc3)c21. The van der Waals surface area contributed by atoms with Crippen LogP contribution in [0.4, 0.5) is 10.1 Å². The molecule has 3 aromatic rings. The molecule has 0 bridgehead atoms. The van der Waals surface area contributed by atoms with Crippen LogP contribution in [0.1, 0.15) is 30.8 Å². The molecule has 26 heavy (non-hydrogen) atoms. The fourth-order valence-electron chi connectivity index (χ4n) is 3.30. The van der Waals surface area contributed by atoms with Crippen LogP contribution in [0.15, 0.2) is 48.2 Å². The number of pyridine rings is 1. The minimum absolute atomic E-state index is 0.218. The molecule has 0 spiro atoms. The summed E-state index contributed by atoms with van der Waals surface area (Å²) in [5.41, 5.74) is 7.08. The molecule has 0 saturated heterocycles. The topological polar surface area (TPSA) is 21.1 Å². The molecule has 2 aromatic heterocycles. The molecule has 3 rings (SSSR count). The van der Waals surface area contributed by atoms with Crippen LogP contribution in [0.2, 0.25) is 0 Å². The van der Waals surface area contributed by atoms with E-state index in [2.05, 4.69) is 54.3 Å². The van der Waals surface area contributed by atoms with E-state index in [9.17, 15) is 4.39 Å². The van der Waals surface area contributed by atoms with Crippen LogP contribution in [0.3, 0.4) is 0 Å². The Morgan fingerprint density at radius 3 is 2.50 bits per heavy atom. The van der Waals surface area contributed by atoms with Gasteiger partial charge >= 0.3 is 0 Å². The van der Waals surface area contributed by atoms with E-state index in [0.717, 1.165) is 17.9 Å². The van der Waals surface area contributed by atoms with Crippen molar-refractivity contribution in [2.24, 2.45) is 0 Å². The number of rotatable bonds is 5. The number of hydrogen-bond acceptors (Lipinski definition) is 2. The van der Waals surface area contributed by atoms with E-state index in [1.165, 1.54) is 39.9 Å². The lowest BCUT2D eigenvalue weighted by atomic mass is 10.1. The van der Waals surface area contributed by atoms with Crippen molar-refractivity contribution in [3.05, 3.63) is 70.9 Å². The summed E-state index contributed by atoms with van der Waals surface area (Å²) in [5, 5.41) is 1.25. The molecule has 0 radical (unpaired) electrons. The van der Waals surface area contributed by atoms with Crippen molar-refractivity contribution in [1.29, 1.82) is 0 Å². The predicted octanol–water partition coefficient (Wildman–Crippen LogP) is 5.39. The number of hydrogen-bond donors (Lipinski definition) is 0. The summed E-state index contributed by atoms with van der Waals surface area (Å²) in [6.07, 6.45) is 4.13. The van der Waals surface area contributed by atoms with Crippen LogP contribution in [0.5, 0.6) is 0 Å². The van der Waals surface area contributed by atoms with Gasteiger partial charge in [0.15, 0.2) is 0 Å². The lowest BCUT2D eigenvalue weighted by Crippen LogP contribution is -2.18. The third-order valence-electron chi connectivity index (χ3n) is 4.96. The molecule has 1 aromatic carbocycles. The summed E-state index contributed by atoms with van der Waals surface area (Å²) in [6.45, 7) is 10.1. The fourth-order valence-corrected chi connectivity index (χ4v) is 3.30. The Labute approximate surface area is 154 Å². The van der Waals surface area contributed by atoms with Crippen LogP contribution in [-0.2, 0) is 13.1 Å². The van der Waals surface area contributed by atoms with Crippen LogP contribution in [0.25, 0.3) is 10.9 Å². The first-order valence-corrected chi connectivity index (χ1v) is 8.92. The first kappa shape index (κ1) is 18.2. The van der Waals surface area contributed by atoms with Gasteiger partial charge in [0.05, 0.1) is 17.8 Å². The maximum atomic E-state index is 13.2. The zero-order valence-corrected chi connectivity index (χ0v) is 16.2. The van der Waals surface area contributed by atoms with Crippen molar-refractivity contribution in [3.8, 4) is 0 Å². The first-order valence-electron chi connectivity index (χ1n) is 8.92. The van der Waals surface area contributed by atoms with Gasteiger partial charge in [0, 0.05) is 36.6 Å². The number of aryl methyl sites for hydroxylation is 1. The minimum Gasteiger partial charge on any atom is -0.369 e. The highest BCUT2D eigenvalue weighted by Crippen LogP contribution is 2.28. The van der Waals surface area contributed by atoms with Crippen LogP contribution in [0, 0.1) is 19.7 Å².